The molecule has 0 amide bonds. The minimum atomic E-state index is -0.396. The van der Waals surface area contributed by atoms with Gasteiger partial charge in [-0.15, -0.1) is 5.10 Å². The van der Waals surface area contributed by atoms with Crippen LogP contribution in [-0.2, 0) is 16.1 Å². The number of hydrogen-bond acceptors (Lipinski definition) is 5. The van der Waals surface area contributed by atoms with Crippen LogP contribution in [0.1, 0.15) is 18.1 Å². The van der Waals surface area contributed by atoms with Gasteiger partial charge < -0.3 is 14.1 Å². The van der Waals surface area contributed by atoms with Gasteiger partial charge in [0.1, 0.15) is 12.2 Å². The van der Waals surface area contributed by atoms with E-state index in [-0.39, 0.29) is 11.4 Å². The average molecular weight is 331 g/mol. The number of nitrogens with one attached hydrogen (secondary N) is 1. The van der Waals surface area contributed by atoms with Crippen molar-refractivity contribution in [3.63, 3.8) is 0 Å². The van der Waals surface area contributed by atoms with Gasteiger partial charge in [0.15, 0.2) is 0 Å². The topological polar surface area (TPSA) is 73.1 Å². The van der Waals surface area contributed by atoms with Gasteiger partial charge in [-0.1, -0.05) is 11.6 Å². The van der Waals surface area contributed by atoms with Crippen molar-refractivity contribution >= 4 is 29.1 Å². The number of ether oxygens (including phenoxy) is 1. The first kappa shape index (κ1) is 15.5. The summed E-state index contributed by atoms with van der Waals surface area (Å²) in [6.07, 6.45) is 0. The van der Waals surface area contributed by atoms with Crippen LogP contribution < -0.4 is 0 Å². The van der Waals surface area contributed by atoms with E-state index in [9.17, 15) is 4.79 Å². The van der Waals surface area contributed by atoms with Gasteiger partial charge in [-0.25, -0.2) is 4.68 Å². The minimum Gasteiger partial charge on any atom is -0.465 e. The molecule has 0 fully saturated rings. The zero-order valence-corrected chi connectivity index (χ0v) is 14.0. The van der Waals surface area contributed by atoms with E-state index in [1.807, 2.05) is 26.0 Å². The maximum atomic E-state index is 11.6. The molecular formula is C16H17N3O3S. The molecule has 2 aromatic heterocycles. The number of aromatic nitrogens is 3. The molecule has 0 saturated carbocycles. The second-order valence-electron chi connectivity index (χ2n) is 5.31. The van der Waals surface area contributed by atoms with Gasteiger partial charge in [0.25, 0.3) is 10.7 Å². The zero-order chi connectivity index (χ0) is 16.6. The van der Waals surface area contributed by atoms with Gasteiger partial charge in [-0.3, -0.25) is 4.79 Å². The Labute approximate surface area is 138 Å². The third kappa shape index (κ3) is 2.92. The Kier molecular flexibility index (Phi) is 4.04. The summed E-state index contributed by atoms with van der Waals surface area (Å²) in [6, 6.07) is 6.16. The first-order chi connectivity index (χ1) is 11.0. The number of H-pyrrole nitrogens is 1. The molecule has 120 valence electrons. The van der Waals surface area contributed by atoms with E-state index in [0.717, 1.165) is 22.2 Å². The molecule has 23 heavy (non-hydrogen) atoms. The highest BCUT2D eigenvalue weighted by Gasteiger charge is 2.17. The van der Waals surface area contributed by atoms with Crippen LogP contribution in [0.2, 0.25) is 0 Å². The fourth-order valence-electron chi connectivity index (χ4n) is 2.49. The lowest BCUT2D eigenvalue weighted by Crippen LogP contribution is -2.14. The lowest BCUT2D eigenvalue weighted by atomic mass is 10.1. The maximum absolute atomic E-state index is 11.6. The molecule has 6 nitrogen and oxygen atoms in total. The van der Waals surface area contributed by atoms with Crippen LogP contribution in [-0.4, -0.2) is 27.3 Å². The Morgan fingerprint density at radius 1 is 1.43 bits per heavy atom. The molecule has 7 heteroatoms. The zero-order valence-electron chi connectivity index (χ0n) is 13.2. The predicted octanol–water partition coefficient (Wildman–Crippen LogP) is 3.53. The maximum Gasteiger partial charge on any atom is 0.327 e. The summed E-state index contributed by atoms with van der Waals surface area (Å²) in [5.74, 6) is -0.0295. The largest absolute Gasteiger partial charge is 0.465 e. The van der Waals surface area contributed by atoms with Crippen LogP contribution >= 0.6 is 12.2 Å². The molecule has 0 aliphatic carbocycles. The fourth-order valence-corrected chi connectivity index (χ4v) is 2.67. The molecule has 0 bridgehead atoms. The number of nitrogens with zero attached hydrogens (tertiary/aromatic N) is 2. The lowest BCUT2D eigenvalue weighted by Gasteiger charge is -1.99. The van der Waals surface area contributed by atoms with Crippen molar-refractivity contribution in [1.29, 1.82) is 0 Å². The summed E-state index contributed by atoms with van der Waals surface area (Å²) < 4.78 is 11.8. The van der Waals surface area contributed by atoms with Gasteiger partial charge in [-0.2, -0.15) is 0 Å². The Bertz CT molecular complexity index is 936. The summed E-state index contributed by atoms with van der Waals surface area (Å²) >= 11 is 5.13. The molecule has 0 atom stereocenters. The van der Waals surface area contributed by atoms with Crippen LogP contribution in [0.15, 0.2) is 22.6 Å². The van der Waals surface area contributed by atoms with Crippen molar-refractivity contribution in [3.8, 4) is 11.6 Å². The van der Waals surface area contributed by atoms with Crippen LogP contribution in [0.5, 0.6) is 0 Å². The van der Waals surface area contributed by atoms with E-state index in [1.165, 1.54) is 10.2 Å². The first-order valence-electron chi connectivity index (χ1n) is 7.32. The molecule has 0 aliphatic rings. The Balaban J connectivity index is 2.01. The second kappa shape index (κ2) is 6.00. The van der Waals surface area contributed by atoms with E-state index in [0.29, 0.717) is 12.5 Å². The Morgan fingerprint density at radius 2 is 2.22 bits per heavy atom. The highest BCUT2D eigenvalue weighted by Crippen LogP contribution is 2.29. The first-order valence-corrected chi connectivity index (χ1v) is 7.73. The van der Waals surface area contributed by atoms with Crippen LogP contribution in [0.25, 0.3) is 22.5 Å². The quantitative estimate of drug-likeness (QED) is 0.585. The van der Waals surface area contributed by atoms with Crippen molar-refractivity contribution in [2.75, 3.05) is 6.61 Å². The third-order valence-electron chi connectivity index (χ3n) is 3.62. The number of hydrogen-bond donors (Lipinski definition) is 1. The molecule has 2 heterocycles. The standard InChI is InChI=1S/C16H17N3O3S/c1-4-21-13(20)8-19-16(23)22-15(18-19)14-10(3)11-7-9(2)5-6-12(11)17-14/h5-7,17H,4,8H2,1-3H3. The molecule has 3 rings (SSSR count). The number of carbonyl (C=O) groups excluding carboxylic acids is 1. The van der Waals surface area contributed by atoms with Crippen LogP contribution in [0, 0.1) is 18.7 Å². The number of aromatic amines is 1. The van der Waals surface area contributed by atoms with E-state index < -0.39 is 5.97 Å². The minimum absolute atomic E-state index is 0.0610. The number of rotatable bonds is 4. The number of esters is 1. The summed E-state index contributed by atoms with van der Waals surface area (Å²) in [6.45, 7) is 6.05. The van der Waals surface area contributed by atoms with Crippen LogP contribution in [0.3, 0.4) is 0 Å². The Hall–Kier alpha value is -2.41. The molecule has 1 aromatic carbocycles. The molecule has 0 aliphatic heterocycles. The highest BCUT2D eigenvalue weighted by atomic mass is 32.1. The predicted molar refractivity (Wildman–Crippen MR) is 88.7 cm³/mol. The van der Waals surface area contributed by atoms with Gasteiger partial charge in [-0.05, 0) is 50.7 Å². The van der Waals surface area contributed by atoms with Crippen molar-refractivity contribution < 1.29 is 13.9 Å². The van der Waals surface area contributed by atoms with Crippen LogP contribution in [0.4, 0.5) is 0 Å². The fraction of sp³-hybridized carbons (Fsp3) is 0.312. The molecular weight excluding hydrogens is 314 g/mol. The van der Waals surface area contributed by atoms with Crippen molar-refractivity contribution in [2.24, 2.45) is 0 Å². The summed E-state index contributed by atoms with van der Waals surface area (Å²) in [5.41, 5.74) is 3.98. The van der Waals surface area contributed by atoms with Crippen molar-refractivity contribution in [3.05, 3.63) is 34.2 Å². The highest BCUT2D eigenvalue weighted by molar-refractivity contribution is 7.71. The van der Waals surface area contributed by atoms with E-state index in [4.69, 9.17) is 21.4 Å². The van der Waals surface area contributed by atoms with Gasteiger partial charge >= 0.3 is 5.97 Å². The summed E-state index contributed by atoms with van der Waals surface area (Å²) in [7, 11) is 0. The second-order valence-corrected chi connectivity index (χ2v) is 5.66. The smallest absolute Gasteiger partial charge is 0.327 e. The van der Waals surface area contributed by atoms with Crippen molar-refractivity contribution in [2.45, 2.75) is 27.3 Å². The third-order valence-corrected chi connectivity index (χ3v) is 3.91. The normalized spacial score (nSPS) is 11.1. The molecule has 3 aromatic rings. The molecule has 1 N–H and O–H groups in total. The van der Waals surface area contributed by atoms with E-state index in [1.54, 1.807) is 6.92 Å². The number of carbonyl (C=O) groups is 1. The van der Waals surface area contributed by atoms with Gasteiger partial charge in [0, 0.05) is 10.9 Å². The summed E-state index contributed by atoms with van der Waals surface area (Å²) in [4.78, 5) is 15.0. The summed E-state index contributed by atoms with van der Waals surface area (Å²) in [5, 5.41) is 5.41. The average Bonchev–Trinajstić information content (AvgIpc) is 3.01. The molecule has 0 radical (unpaired) electrons. The molecule has 0 spiro atoms. The van der Waals surface area contributed by atoms with Crippen molar-refractivity contribution in [1.82, 2.24) is 14.8 Å². The SMILES string of the molecule is CCOC(=O)Cn1nc(-c2[nH]c3ccc(C)cc3c2C)oc1=S. The van der Waals surface area contributed by atoms with E-state index in [2.05, 4.69) is 16.1 Å². The van der Waals surface area contributed by atoms with E-state index >= 15 is 0 Å². The Morgan fingerprint density at radius 3 is 2.96 bits per heavy atom. The number of fused-ring (bicyclic) bond motifs is 1. The lowest BCUT2D eigenvalue weighted by molar-refractivity contribution is -0.144. The molecule has 0 unspecified atom stereocenters. The van der Waals surface area contributed by atoms with Gasteiger partial charge in [0.2, 0.25) is 0 Å². The number of benzene rings is 1. The number of aryl methyl sites for hydroxylation is 2. The monoisotopic (exact) mass is 331 g/mol. The molecule has 0 saturated heterocycles. The van der Waals surface area contributed by atoms with Gasteiger partial charge in [0.05, 0.1) is 6.61 Å².